The van der Waals surface area contributed by atoms with Gasteiger partial charge in [-0.1, -0.05) is 0 Å². The average molecular weight is 306 g/mol. The fourth-order valence-electron chi connectivity index (χ4n) is 2.03. The van der Waals surface area contributed by atoms with Crippen LogP contribution in [0.3, 0.4) is 0 Å². The van der Waals surface area contributed by atoms with E-state index in [1.807, 2.05) is 6.92 Å². The zero-order chi connectivity index (χ0) is 15.1. The highest BCUT2D eigenvalue weighted by molar-refractivity contribution is 7.99. The fourth-order valence-corrected chi connectivity index (χ4v) is 3.16. The Kier molecular flexibility index (Phi) is 7.11. The van der Waals surface area contributed by atoms with Gasteiger partial charge in [0.1, 0.15) is 6.04 Å². The van der Waals surface area contributed by atoms with Crippen LogP contribution in [0.5, 0.6) is 0 Å². The number of aliphatic carboxylic acids is 1. The Morgan fingerprint density at radius 1 is 1.45 bits per heavy atom. The average Bonchev–Trinajstić information content (AvgIpc) is 2.88. The Labute approximate surface area is 123 Å². The van der Waals surface area contributed by atoms with Crippen molar-refractivity contribution in [1.82, 2.24) is 9.80 Å². The van der Waals surface area contributed by atoms with Crippen LogP contribution in [-0.4, -0.2) is 84.6 Å². The van der Waals surface area contributed by atoms with Crippen molar-refractivity contribution in [2.24, 2.45) is 0 Å². The van der Waals surface area contributed by atoms with Gasteiger partial charge in [-0.25, -0.2) is 9.59 Å². The molecule has 0 bridgehead atoms. The van der Waals surface area contributed by atoms with E-state index in [1.54, 1.807) is 19.1 Å². The van der Waals surface area contributed by atoms with E-state index in [0.29, 0.717) is 31.4 Å². The van der Waals surface area contributed by atoms with Gasteiger partial charge in [0.15, 0.2) is 0 Å². The van der Waals surface area contributed by atoms with Crippen molar-refractivity contribution in [3.8, 4) is 0 Å². The maximum Gasteiger partial charge on any atom is 0.327 e. The lowest BCUT2D eigenvalue weighted by molar-refractivity contribution is -0.141. The van der Waals surface area contributed by atoms with Gasteiger partial charge in [-0.15, -0.1) is 11.8 Å². The maximum absolute atomic E-state index is 12.5. The molecule has 2 atom stereocenters. The third kappa shape index (κ3) is 4.26. The number of urea groups is 1. The number of nitrogens with zero attached hydrogens (tertiary/aromatic N) is 2. The molecule has 0 aromatic heterocycles. The molecule has 1 aliphatic rings. The van der Waals surface area contributed by atoms with Gasteiger partial charge in [-0.3, -0.25) is 0 Å². The van der Waals surface area contributed by atoms with Crippen molar-refractivity contribution in [2.75, 3.05) is 45.6 Å². The molecular formula is C12H22N2O5S. The minimum Gasteiger partial charge on any atom is -0.480 e. The first kappa shape index (κ1) is 17.1. The zero-order valence-corrected chi connectivity index (χ0v) is 12.9. The molecule has 1 fully saturated rings. The Morgan fingerprint density at radius 3 is 2.70 bits per heavy atom. The van der Waals surface area contributed by atoms with Gasteiger partial charge in [0, 0.05) is 26.5 Å². The van der Waals surface area contributed by atoms with Crippen LogP contribution in [-0.2, 0) is 14.3 Å². The minimum absolute atomic E-state index is 0.136. The van der Waals surface area contributed by atoms with E-state index in [4.69, 9.17) is 14.6 Å². The van der Waals surface area contributed by atoms with E-state index < -0.39 is 12.0 Å². The summed E-state index contributed by atoms with van der Waals surface area (Å²) in [5, 5.41) is 9.16. The van der Waals surface area contributed by atoms with Crippen LogP contribution < -0.4 is 0 Å². The highest BCUT2D eigenvalue weighted by atomic mass is 32.2. The standard InChI is InChI=1S/C12H22N2O5S/c1-9(6-19-3)13(4-5-18-2)12(17)14-8-20-7-10(14)11(15)16/h9-10H,4-8H2,1-3H3,(H,15,16). The number of rotatable bonds is 7. The van der Waals surface area contributed by atoms with Crippen LogP contribution in [0.15, 0.2) is 0 Å². The molecule has 0 aliphatic carbocycles. The molecule has 0 aromatic rings. The van der Waals surface area contributed by atoms with E-state index in [0.717, 1.165) is 0 Å². The second-order valence-electron chi connectivity index (χ2n) is 4.60. The summed E-state index contributed by atoms with van der Waals surface area (Å²) in [6.45, 7) is 3.08. The number of thioether (sulfide) groups is 1. The molecule has 1 saturated heterocycles. The van der Waals surface area contributed by atoms with E-state index in [2.05, 4.69) is 0 Å². The second kappa shape index (κ2) is 8.33. The first-order chi connectivity index (χ1) is 9.52. The zero-order valence-electron chi connectivity index (χ0n) is 12.1. The Balaban J connectivity index is 2.77. The number of methoxy groups -OCH3 is 2. The van der Waals surface area contributed by atoms with Gasteiger partial charge < -0.3 is 24.4 Å². The lowest BCUT2D eigenvalue weighted by atomic mass is 10.2. The number of hydrogen-bond acceptors (Lipinski definition) is 5. The topological polar surface area (TPSA) is 79.3 Å². The SMILES string of the molecule is COCCN(C(=O)N1CSCC1C(=O)O)C(C)COC. The molecule has 8 heteroatoms. The molecular weight excluding hydrogens is 284 g/mol. The summed E-state index contributed by atoms with van der Waals surface area (Å²) in [4.78, 5) is 26.7. The molecule has 1 heterocycles. The van der Waals surface area contributed by atoms with Crippen LogP contribution in [0.2, 0.25) is 0 Å². The van der Waals surface area contributed by atoms with E-state index in [-0.39, 0.29) is 12.1 Å². The van der Waals surface area contributed by atoms with E-state index in [1.165, 1.54) is 16.7 Å². The fraction of sp³-hybridized carbons (Fsp3) is 0.833. The van der Waals surface area contributed by atoms with Crippen LogP contribution in [0, 0.1) is 0 Å². The van der Waals surface area contributed by atoms with Crippen molar-refractivity contribution in [3.05, 3.63) is 0 Å². The molecule has 2 amide bonds. The van der Waals surface area contributed by atoms with Gasteiger partial charge >= 0.3 is 12.0 Å². The van der Waals surface area contributed by atoms with Crippen molar-refractivity contribution in [3.63, 3.8) is 0 Å². The molecule has 116 valence electrons. The second-order valence-corrected chi connectivity index (χ2v) is 5.60. The predicted molar refractivity (Wildman–Crippen MR) is 75.9 cm³/mol. The van der Waals surface area contributed by atoms with Gasteiger partial charge in [0.25, 0.3) is 0 Å². The Hall–Kier alpha value is -0.990. The molecule has 0 spiro atoms. The highest BCUT2D eigenvalue weighted by Crippen LogP contribution is 2.23. The number of amides is 2. The molecule has 0 radical (unpaired) electrons. The molecule has 1 rings (SSSR count). The Morgan fingerprint density at radius 2 is 2.15 bits per heavy atom. The smallest absolute Gasteiger partial charge is 0.327 e. The molecule has 1 N–H and O–H groups in total. The minimum atomic E-state index is -0.963. The molecule has 7 nitrogen and oxygen atoms in total. The van der Waals surface area contributed by atoms with Crippen LogP contribution in [0.4, 0.5) is 4.79 Å². The van der Waals surface area contributed by atoms with Crippen molar-refractivity contribution in [1.29, 1.82) is 0 Å². The third-order valence-corrected chi connectivity index (χ3v) is 4.15. The highest BCUT2D eigenvalue weighted by Gasteiger charge is 2.37. The van der Waals surface area contributed by atoms with E-state index in [9.17, 15) is 9.59 Å². The van der Waals surface area contributed by atoms with Crippen molar-refractivity contribution in [2.45, 2.75) is 19.0 Å². The normalized spacial score (nSPS) is 19.9. The van der Waals surface area contributed by atoms with Gasteiger partial charge in [0.2, 0.25) is 0 Å². The predicted octanol–water partition coefficient (Wildman–Crippen LogP) is 0.549. The molecule has 2 unspecified atom stereocenters. The molecule has 1 aliphatic heterocycles. The van der Waals surface area contributed by atoms with Crippen molar-refractivity contribution >= 4 is 23.8 Å². The number of carbonyl (C=O) groups is 2. The number of carboxylic acids is 1. The largest absolute Gasteiger partial charge is 0.480 e. The quantitative estimate of drug-likeness (QED) is 0.740. The summed E-state index contributed by atoms with van der Waals surface area (Å²) < 4.78 is 10.1. The summed E-state index contributed by atoms with van der Waals surface area (Å²) in [7, 11) is 3.14. The Bertz CT molecular complexity index is 342. The van der Waals surface area contributed by atoms with E-state index >= 15 is 0 Å². The summed E-state index contributed by atoms with van der Waals surface area (Å²) in [5.74, 6) is -0.133. The van der Waals surface area contributed by atoms with Crippen LogP contribution in [0.25, 0.3) is 0 Å². The number of ether oxygens (including phenoxy) is 2. The first-order valence-electron chi connectivity index (χ1n) is 6.38. The lowest BCUT2D eigenvalue weighted by Crippen LogP contribution is -2.53. The van der Waals surface area contributed by atoms with Crippen LogP contribution in [0.1, 0.15) is 6.92 Å². The monoisotopic (exact) mass is 306 g/mol. The van der Waals surface area contributed by atoms with Crippen molar-refractivity contribution < 1.29 is 24.2 Å². The lowest BCUT2D eigenvalue weighted by Gasteiger charge is -2.33. The summed E-state index contributed by atoms with van der Waals surface area (Å²) >= 11 is 1.45. The number of hydrogen-bond donors (Lipinski definition) is 1. The summed E-state index contributed by atoms with van der Waals surface area (Å²) in [6, 6.07) is -1.17. The summed E-state index contributed by atoms with van der Waals surface area (Å²) in [6.07, 6.45) is 0. The number of carbonyl (C=O) groups excluding carboxylic acids is 1. The van der Waals surface area contributed by atoms with Gasteiger partial charge in [-0.2, -0.15) is 0 Å². The molecule has 0 aromatic carbocycles. The summed E-state index contributed by atoms with van der Waals surface area (Å²) in [5.41, 5.74) is 0. The van der Waals surface area contributed by atoms with Crippen LogP contribution >= 0.6 is 11.8 Å². The molecule has 0 saturated carbocycles. The number of carboxylic acid groups (broad SMARTS) is 1. The molecule has 20 heavy (non-hydrogen) atoms. The van der Waals surface area contributed by atoms with Gasteiger partial charge in [-0.05, 0) is 6.92 Å². The maximum atomic E-state index is 12.5. The first-order valence-corrected chi connectivity index (χ1v) is 7.54. The van der Waals surface area contributed by atoms with Gasteiger partial charge in [0.05, 0.1) is 25.1 Å². The third-order valence-electron chi connectivity index (χ3n) is 3.14.